The quantitative estimate of drug-likeness (QED) is 0.165. The average Bonchev–Trinajstić information content (AvgIpc) is 3.15. The van der Waals surface area contributed by atoms with Crippen LogP contribution in [0.1, 0.15) is 31.7 Å². The van der Waals surface area contributed by atoms with Gasteiger partial charge >= 0.3 is 0 Å². The summed E-state index contributed by atoms with van der Waals surface area (Å²) in [6.07, 6.45) is 1.16. The summed E-state index contributed by atoms with van der Waals surface area (Å²) in [7, 11) is 0. The Balaban J connectivity index is 1.25. The molecule has 7 aromatic carbocycles. The maximum absolute atomic E-state index is 2.33. The molecule has 0 N–H and O–H groups in total. The monoisotopic (exact) mass is 590 g/mol. The van der Waals surface area contributed by atoms with Crippen LogP contribution in [0.25, 0.3) is 66.8 Å². The van der Waals surface area contributed by atoms with E-state index in [1.807, 2.05) is 0 Å². The summed E-state index contributed by atoms with van der Waals surface area (Å²) in [5.74, 6) is 0.585. The SMILES string of the molecule is CCC(C)c1ccc(-c2ccc(-c3cc(-c4ccc(-c5ccccc5)cc4)cc(-c4ccc(-c5ccccc5)cc4)c3)cc2)cc1. The van der Waals surface area contributed by atoms with Gasteiger partial charge in [0.25, 0.3) is 0 Å². The molecule has 0 bridgehead atoms. The Kier molecular flexibility index (Phi) is 8.44. The molecule has 46 heavy (non-hydrogen) atoms. The van der Waals surface area contributed by atoms with Crippen molar-refractivity contribution in [3.63, 3.8) is 0 Å². The van der Waals surface area contributed by atoms with E-state index < -0.39 is 0 Å². The van der Waals surface area contributed by atoms with Gasteiger partial charge in [-0.25, -0.2) is 0 Å². The molecule has 0 amide bonds. The molecule has 1 unspecified atom stereocenters. The van der Waals surface area contributed by atoms with E-state index in [0.717, 1.165) is 6.42 Å². The molecule has 222 valence electrons. The first-order chi connectivity index (χ1) is 22.6. The minimum Gasteiger partial charge on any atom is -0.0648 e. The molecule has 0 spiro atoms. The third-order valence-corrected chi connectivity index (χ3v) is 9.23. The maximum Gasteiger partial charge on any atom is -0.0172 e. The van der Waals surface area contributed by atoms with Crippen molar-refractivity contribution in [2.24, 2.45) is 0 Å². The highest BCUT2D eigenvalue weighted by molar-refractivity contribution is 5.83. The van der Waals surface area contributed by atoms with Crippen LogP contribution >= 0.6 is 0 Å². The van der Waals surface area contributed by atoms with Crippen LogP contribution in [0.15, 0.2) is 176 Å². The fraction of sp³-hybridized carbons (Fsp3) is 0.0870. The van der Waals surface area contributed by atoms with Gasteiger partial charge in [0.1, 0.15) is 0 Å². The van der Waals surface area contributed by atoms with E-state index >= 15 is 0 Å². The molecular weight excluding hydrogens is 553 g/mol. The standard InChI is InChI=1S/C46H38/c1-3-33(2)34-14-16-39(17-15-34)40-22-28-43(29-23-40)46-31-44(41-24-18-37(19-25-41)35-10-6-4-7-11-35)30-45(32-46)42-26-20-38(21-27-42)36-12-8-5-9-13-36/h4-33H,3H2,1-2H3. The van der Waals surface area contributed by atoms with Crippen molar-refractivity contribution in [1.82, 2.24) is 0 Å². The molecular formula is C46H38. The van der Waals surface area contributed by atoms with Crippen molar-refractivity contribution in [2.45, 2.75) is 26.2 Å². The van der Waals surface area contributed by atoms with E-state index in [1.165, 1.54) is 72.3 Å². The molecule has 0 aliphatic rings. The normalized spacial score (nSPS) is 11.7. The van der Waals surface area contributed by atoms with Gasteiger partial charge in [0.05, 0.1) is 0 Å². The number of hydrogen-bond acceptors (Lipinski definition) is 0. The first-order valence-electron chi connectivity index (χ1n) is 16.3. The number of benzene rings is 7. The molecule has 0 aliphatic heterocycles. The van der Waals surface area contributed by atoms with Crippen LogP contribution in [0.3, 0.4) is 0 Å². The second-order valence-electron chi connectivity index (χ2n) is 12.2. The molecule has 0 heterocycles. The predicted molar refractivity (Wildman–Crippen MR) is 198 cm³/mol. The van der Waals surface area contributed by atoms with Crippen molar-refractivity contribution in [2.75, 3.05) is 0 Å². The van der Waals surface area contributed by atoms with Crippen molar-refractivity contribution >= 4 is 0 Å². The molecule has 0 fully saturated rings. The summed E-state index contributed by atoms with van der Waals surface area (Å²) in [5, 5.41) is 0. The highest BCUT2D eigenvalue weighted by Crippen LogP contribution is 2.35. The summed E-state index contributed by atoms with van der Waals surface area (Å²) in [6.45, 7) is 4.54. The minimum atomic E-state index is 0.585. The lowest BCUT2D eigenvalue weighted by atomic mass is 9.91. The van der Waals surface area contributed by atoms with E-state index in [-0.39, 0.29) is 0 Å². The van der Waals surface area contributed by atoms with Gasteiger partial charge in [0.2, 0.25) is 0 Å². The lowest BCUT2D eigenvalue weighted by Crippen LogP contribution is -1.90. The zero-order chi connectivity index (χ0) is 31.3. The third kappa shape index (κ3) is 6.34. The zero-order valence-electron chi connectivity index (χ0n) is 26.5. The number of hydrogen-bond donors (Lipinski definition) is 0. The van der Waals surface area contributed by atoms with Crippen molar-refractivity contribution in [3.8, 4) is 66.8 Å². The molecule has 0 saturated heterocycles. The molecule has 7 aromatic rings. The first kappa shape index (κ1) is 29.3. The maximum atomic E-state index is 2.33. The van der Waals surface area contributed by atoms with Crippen LogP contribution < -0.4 is 0 Å². The topological polar surface area (TPSA) is 0 Å². The van der Waals surface area contributed by atoms with Crippen LogP contribution in [0.5, 0.6) is 0 Å². The van der Waals surface area contributed by atoms with E-state index in [1.54, 1.807) is 0 Å². The van der Waals surface area contributed by atoms with Gasteiger partial charge in [-0.1, -0.05) is 172 Å². The largest absolute Gasteiger partial charge is 0.0648 e. The summed E-state index contributed by atoms with van der Waals surface area (Å²) in [6, 6.07) is 64.1. The second kappa shape index (κ2) is 13.3. The van der Waals surface area contributed by atoms with E-state index in [4.69, 9.17) is 0 Å². The lowest BCUT2D eigenvalue weighted by Gasteiger charge is -2.13. The Hall–Kier alpha value is -5.46. The smallest absolute Gasteiger partial charge is 0.0172 e. The number of rotatable bonds is 8. The summed E-state index contributed by atoms with van der Waals surface area (Å²) < 4.78 is 0. The van der Waals surface area contributed by atoms with Gasteiger partial charge in [0.15, 0.2) is 0 Å². The summed E-state index contributed by atoms with van der Waals surface area (Å²) in [5.41, 5.74) is 16.1. The second-order valence-corrected chi connectivity index (χ2v) is 12.2. The van der Waals surface area contributed by atoms with E-state index in [9.17, 15) is 0 Å². The van der Waals surface area contributed by atoms with Gasteiger partial charge in [-0.15, -0.1) is 0 Å². The van der Waals surface area contributed by atoms with Gasteiger partial charge in [-0.05, 0) is 103 Å². The van der Waals surface area contributed by atoms with Crippen LogP contribution in [0, 0.1) is 0 Å². The minimum absolute atomic E-state index is 0.585. The van der Waals surface area contributed by atoms with E-state index in [2.05, 4.69) is 190 Å². The van der Waals surface area contributed by atoms with Crippen LogP contribution in [-0.2, 0) is 0 Å². The summed E-state index contributed by atoms with van der Waals surface area (Å²) in [4.78, 5) is 0. The Bertz CT molecular complexity index is 1920. The molecule has 0 heteroatoms. The highest BCUT2D eigenvalue weighted by Gasteiger charge is 2.10. The Labute approximate surface area is 273 Å². The fourth-order valence-electron chi connectivity index (χ4n) is 6.19. The van der Waals surface area contributed by atoms with Gasteiger partial charge in [0, 0.05) is 0 Å². The zero-order valence-corrected chi connectivity index (χ0v) is 26.5. The van der Waals surface area contributed by atoms with Crippen molar-refractivity contribution < 1.29 is 0 Å². The molecule has 0 aromatic heterocycles. The molecule has 0 aliphatic carbocycles. The van der Waals surface area contributed by atoms with Gasteiger partial charge in [-0.2, -0.15) is 0 Å². The summed E-state index contributed by atoms with van der Waals surface area (Å²) >= 11 is 0. The average molecular weight is 591 g/mol. The lowest BCUT2D eigenvalue weighted by molar-refractivity contribution is 0.734. The predicted octanol–water partition coefficient (Wildman–Crippen LogP) is 13.2. The molecule has 0 nitrogen and oxygen atoms in total. The molecule has 0 radical (unpaired) electrons. The molecule has 7 rings (SSSR count). The van der Waals surface area contributed by atoms with Crippen molar-refractivity contribution in [1.29, 1.82) is 0 Å². The van der Waals surface area contributed by atoms with E-state index in [0.29, 0.717) is 5.92 Å². The Morgan fingerprint density at radius 3 is 0.826 bits per heavy atom. The fourth-order valence-corrected chi connectivity index (χ4v) is 6.19. The van der Waals surface area contributed by atoms with Gasteiger partial charge in [-0.3, -0.25) is 0 Å². The molecule has 0 saturated carbocycles. The van der Waals surface area contributed by atoms with Gasteiger partial charge < -0.3 is 0 Å². The first-order valence-corrected chi connectivity index (χ1v) is 16.3. The Morgan fingerprint density at radius 1 is 0.304 bits per heavy atom. The van der Waals surface area contributed by atoms with Crippen LogP contribution in [0.4, 0.5) is 0 Å². The van der Waals surface area contributed by atoms with Crippen LogP contribution in [-0.4, -0.2) is 0 Å². The third-order valence-electron chi connectivity index (χ3n) is 9.23. The Morgan fingerprint density at radius 2 is 0.543 bits per heavy atom. The molecule has 1 atom stereocenters. The highest BCUT2D eigenvalue weighted by atomic mass is 14.1. The van der Waals surface area contributed by atoms with Crippen molar-refractivity contribution in [3.05, 3.63) is 181 Å². The van der Waals surface area contributed by atoms with Crippen LogP contribution in [0.2, 0.25) is 0 Å².